The van der Waals surface area contributed by atoms with Crippen molar-refractivity contribution < 1.29 is 73.5 Å². The Morgan fingerprint density at radius 2 is 0.688 bits per heavy atom. The van der Waals surface area contributed by atoms with Crippen LogP contribution in [0.3, 0.4) is 0 Å². The van der Waals surface area contributed by atoms with Crippen molar-refractivity contribution in [3.8, 4) is 33.4 Å². The second-order valence-corrected chi connectivity index (χ2v) is 22.0. The maximum absolute atomic E-state index is 13.7. The van der Waals surface area contributed by atoms with E-state index in [1.807, 2.05) is 114 Å². The Hall–Kier alpha value is -9.03. The molecule has 0 amide bonds. The SMILES string of the molecule is Cc1cccc(C(F)(F)F)c1-c1cc[c-]c(N2[CH-]N(c3ccccc3)c3cccnc32)c1.Cc1cccc(C)c1-c1c[c-]c(N2[CH-]N(c3ccccc3)c3cccnc32)cc1.Cc1cccc(C)c1-c1cc[c-]c(N2[CH-]N(c3ccccc3)c3cccnc32)c1.[Ir].[Ir].[Ir]. The second-order valence-electron chi connectivity index (χ2n) is 22.0. The Labute approximate surface area is 582 Å². The van der Waals surface area contributed by atoms with Gasteiger partial charge in [0.15, 0.2) is 0 Å². The molecule has 9 aromatic carbocycles. The van der Waals surface area contributed by atoms with Gasteiger partial charge in [0.05, 0.1) is 22.6 Å². The predicted molar refractivity (Wildman–Crippen MR) is 359 cm³/mol. The van der Waals surface area contributed by atoms with E-state index in [-0.39, 0.29) is 65.9 Å². The second kappa shape index (κ2) is 29.3. The minimum atomic E-state index is -4.45. The fraction of sp³-hybridized carbons (Fsp3) is 0.0769. The topological polar surface area (TPSA) is 58.1 Å². The number of halogens is 3. The zero-order chi connectivity index (χ0) is 61.9. The van der Waals surface area contributed by atoms with Crippen molar-refractivity contribution in [2.24, 2.45) is 0 Å². The molecular formula is C78H60F3Ir3N9-6. The van der Waals surface area contributed by atoms with E-state index in [1.54, 1.807) is 37.4 Å². The fourth-order valence-corrected chi connectivity index (χ4v) is 11.9. The number of benzene rings is 9. The Balaban J connectivity index is 0.000000150. The molecule has 9 nitrogen and oxygen atoms in total. The Morgan fingerprint density at radius 1 is 0.333 bits per heavy atom. The minimum Gasteiger partial charge on any atom is -0.478 e. The Bertz CT molecular complexity index is 4480. The van der Waals surface area contributed by atoms with Gasteiger partial charge in [0, 0.05) is 96.0 Å². The first-order valence-electron chi connectivity index (χ1n) is 29.5. The first-order chi connectivity index (χ1) is 43.9. The van der Waals surface area contributed by atoms with Gasteiger partial charge in [0.25, 0.3) is 0 Å². The number of aromatic nitrogens is 3. The summed E-state index contributed by atoms with van der Waals surface area (Å²) < 4.78 is 41.1. The van der Waals surface area contributed by atoms with Gasteiger partial charge in [-0.2, -0.15) is 67.8 Å². The van der Waals surface area contributed by atoms with Crippen LogP contribution in [0.2, 0.25) is 0 Å². The molecule has 93 heavy (non-hydrogen) atoms. The molecule has 0 unspecified atom stereocenters. The number of anilines is 12. The van der Waals surface area contributed by atoms with Crippen molar-refractivity contribution in [3.63, 3.8) is 0 Å². The summed E-state index contributed by atoms with van der Waals surface area (Å²) >= 11 is 0. The van der Waals surface area contributed by atoms with E-state index in [0.29, 0.717) is 22.6 Å². The van der Waals surface area contributed by atoms with Gasteiger partial charge in [-0.25, -0.2) is 15.0 Å². The average molecular weight is 1760 g/mol. The van der Waals surface area contributed by atoms with E-state index in [9.17, 15) is 13.2 Å². The van der Waals surface area contributed by atoms with E-state index < -0.39 is 11.7 Å². The van der Waals surface area contributed by atoms with Crippen LogP contribution in [-0.4, -0.2) is 15.0 Å². The molecule has 0 spiro atoms. The van der Waals surface area contributed by atoms with Crippen LogP contribution in [0.5, 0.6) is 0 Å². The molecule has 0 N–H and O–H groups in total. The maximum atomic E-state index is 13.7. The number of para-hydroxylation sites is 3. The van der Waals surface area contributed by atoms with Gasteiger partial charge in [-0.05, 0) is 141 Å². The summed E-state index contributed by atoms with van der Waals surface area (Å²) in [7, 11) is 0. The molecule has 12 aromatic rings. The molecule has 3 radical (unpaired) electrons. The normalized spacial score (nSPS) is 12.6. The standard InChI is InChI=1S/C26H18F3N3.2C26H21N3.3Ir/c1-18-8-5-13-22(26(27,28)29)24(18)19-9-6-12-21(16-19)32-17-31(20-10-3-2-4-11-20)23-14-7-15-30-25(23)32;1-19-9-6-10-20(2)25(19)21-11-7-14-23(17-21)29-18-28(22-12-4-3-5-13-22)24-15-8-16-27-26(24)29;1-19-8-6-9-20(2)25(19)21-13-15-23(16-14-21)29-18-28(22-10-4-3-5-11-22)24-12-7-17-27-26(24)29;;;/h2-11,13-17H,1H3;3-13,15-18H,1-2H3;3-15,17-18H,1-2H3;;;/q3*-2;;;. The van der Waals surface area contributed by atoms with Crippen LogP contribution in [0, 0.1) is 72.8 Å². The zero-order valence-electron chi connectivity index (χ0n) is 51.1. The molecular weight excluding hydrogens is 1700 g/mol. The number of alkyl halides is 3. The van der Waals surface area contributed by atoms with Gasteiger partial charge in [0.1, 0.15) is 17.5 Å². The average Bonchev–Trinajstić information content (AvgIpc) is 1.70. The monoisotopic (exact) mass is 1760 g/mol. The van der Waals surface area contributed by atoms with Crippen LogP contribution in [0.15, 0.2) is 255 Å². The van der Waals surface area contributed by atoms with Crippen molar-refractivity contribution in [1.82, 2.24) is 15.0 Å². The van der Waals surface area contributed by atoms with Gasteiger partial charge >= 0.3 is 6.18 Å². The number of fused-ring (bicyclic) bond motifs is 3. The molecule has 15 rings (SSSR count). The van der Waals surface area contributed by atoms with Crippen molar-refractivity contribution in [1.29, 1.82) is 0 Å². The van der Waals surface area contributed by atoms with E-state index in [1.165, 1.54) is 50.6 Å². The van der Waals surface area contributed by atoms with Crippen LogP contribution in [0.25, 0.3) is 33.4 Å². The minimum absolute atomic E-state index is 0. The largest absolute Gasteiger partial charge is 0.478 e. The first kappa shape index (κ1) is 66.9. The number of rotatable bonds is 9. The van der Waals surface area contributed by atoms with Crippen molar-refractivity contribution >= 4 is 68.6 Å². The van der Waals surface area contributed by atoms with Crippen molar-refractivity contribution in [2.45, 2.75) is 40.8 Å². The number of hydrogen-bond donors (Lipinski definition) is 0. The molecule has 0 saturated heterocycles. The summed E-state index contributed by atoms with van der Waals surface area (Å²) in [6, 6.07) is 87.3. The Morgan fingerprint density at radius 3 is 1.06 bits per heavy atom. The molecule has 0 saturated carbocycles. The molecule has 0 bridgehead atoms. The summed E-state index contributed by atoms with van der Waals surface area (Å²) in [6.45, 7) is 16.4. The summed E-state index contributed by atoms with van der Waals surface area (Å²) in [4.78, 5) is 26.2. The quantitative estimate of drug-likeness (QED) is 0.132. The van der Waals surface area contributed by atoms with E-state index in [2.05, 4.69) is 209 Å². The summed E-state index contributed by atoms with van der Waals surface area (Å²) in [6.07, 6.45) is 0.920. The van der Waals surface area contributed by atoms with E-state index in [0.717, 1.165) is 63.2 Å². The summed E-state index contributed by atoms with van der Waals surface area (Å²) in [5.74, 6) is 2.50. The molecule has 0 aliphatic carbocycles. The molecule has 6 heterocycles. The zero-order valence-corrected chi connectivity index (χ0v) is 58.3. The van der Waals surface area contributed by atoms with Gasteiger partial charge in [-0.15, -0.1) is 72.0 Å². The molecule has 15 heteroatoms. The number of pyridine rings is 3. The third kappa shape index (κ3) is 13.9. The van der Waals surface area contributed by atoms with Gasteiger partial charge < -0.3 is 29.4 Å². The summed E-state index contributed by atoms with van der Waals surface area (Å²) in [5, 5.41) is 0. The molecule has 0 atom stereocenters. The van der Waals surface area contributed by atoms with Crippen LogP contribution in [0.1, 0.15) is 33.4 Å². The van der Waals surface area contributed by atoms with E-state index in [4.69, 9.17) is 0 Å². The maximum Gasteiger partial charge on any atom is 0.416 e. The predicted octanol–water partition coefficient (Wildman–Crippen LogP) is 20.4. The molecule has 471 valence electrons. The van der Waals surface area contributed by atoms with Crippen molar-refractivity contribution in [2.75, 3.05) is 29.4 Å². The molecule has 3 aliphatic heterocycles. The first-order valence-corrected chi connectivity index (χ1v) is 29.5. The number of hydrogen-bond acceptors (Lipinski definition) is 9. The number of nitrogens with zero attached hydrogens (tertiary/aromatic N) is 9. The third-order valence-electron chi connectivity index (χ3n) is 16.1. The van der Waals surface area contributed by atoms with Crippen molar-refractivity contribution in [3.05, 3.63) is 327 Å². The van der Waals surface area contributed by atoms with Gasteiger partial charge in [-0.3, -0.25) is 0 Å². The van der Waals surface area contributed by atoms with Crippen LogP contribution in [-0.2, 0) is 66.5 Å². The smallest absolute Gasteiger partial charge is 0.416 e. The molecule has 0 fully saturated rings. The molecule has 3 aliphatic rings. The van der Waals surface area contributed by atoms with Gasteiger partial charge in [0.2, 0.25) is 0 Å². The van der Waals surface area contributed by atoms with Crippen LogP contribution >= 0.6 is 0 Å². The fourth-order valence-electron chi connectivity index (χ4n) is 11.9. The summed E-state index contributed by atoms with van der Waals surface area (Å²) in [5.41, 5.74) is 19.3. The van der Waals surface area contributed by atoms with Gasteiger partial charge in [-0.1, -0.05) is 120 Å². The number of aryl methyl sites for hydroxylation is 5. The molecule has 3 aromatic heterocycles. The van der Waals surface area contributed by atoms with Crippen LogP contribution in [0.4, 0.5) is 81.8 Å². The third-order valence-corrected chi connectivity index (χ3v) is 16.1. The van der Waals surface area contributed by atoms with Crippen LogP contribution < -0.4 is 29.4 Å². The Kier molecular flexibility index (Phi) is 21.1. The van der Waals surface area contributed by atoms with E-state index >= 15 is 0 Å².